The van der Waals surface area contributed by atoms with Crippen LogP contribution in [-0.2, 0) is 20.7 Å². The summed E-state index contributed by atoms with van der Waals surface area (Å²) in [6.45, 7) is 3.51. The SMILES string of the molecule is CC(CC(c1cccc2ccccc12)C(C)(c1ccccc1)P(=O)(O)Cc1ccccc1)C(=O)O. The van der Waals surface area contributed by atoms with Gasteiger partial charge in [0.05, 0.1) is 17.2 Å². The maximum absolute atomic E-state index is 14.5. The van der Waals surface area contributed by atoms with E-state index >= 15 is 0 Å². The van der Waals surface area contributed by atoms with E-state index in [4.69, 9.17) is 0 Å². The van der Waals surface area contributed by atoms with E-state index < -0.39 is 30.3 Å². The van der Waals surface area contributed by atoms with E-state index in [1.807, 2.05) is 110 Å². The van der Waals surface area contributed by atoms with Crippen LogP contribution in [0.1, 0.15) is 42.9 Å². The summed E-state index contributed by atoms with van der Waals surface area (Å²) in [5.41, 5.74) is 2.41. The van der Waals surface area contributed by atoms with Crippen molar-refractivity contribution < 1.29 is 19.4 Å². The Bertz CT molecular complexity index is 1350. The average Bonchev–Trinajstić information content (AvgIpc) is 2.87. The highest BCUT2D eigenvalue weighted by Crippen LogP contribution is 2.68. The Morgan fingerprint density at radius 3 is 2.09 bits per heavy atom. The normalized spacial score (nSPS) is 16.7. The number of carboxylic acids is 1. The lowest BCUT2D eigenvalue weighted by atomic mass is 9.75. The first-order valence-corrected chi connectivity index (χ1v) is 13.7. The summed E-state index contributed by atoms with van der Waals surface area (Å²) < 4.78 is 14.5. The monoisotopic (exact) mass is 486 g/mol. The Hall–Kier alpha value is -3.20. The predicted molar refractivity (Wildman–Crippen MR) is 142 cm³/mol. The molecule has 0 aliphatic rings. The molecule has 4 atom stereocenters. The van der Waals surface area contributed by atoms with Crippen LogP contribution >= 0.6 is 7.37 Å². The molecule has 4 nitrogen and oxygen atoms in total. The fraction of sp³-hybridized carbons (Fsp3) is 0.233. The number of fused-ring (bicyclic) bond motifs is 1. The van der Waals surface area contributed by atoms with Gasteiger partial charge in [-0.25, -0.2) is 0 Å². The van der Waals surface area contributed by atoms with E-state index in [0.717, 1.165) is 27.5 Å². The van der Waals surface area contributed by atoms with Gasteiger partial charge in [-0.15, -0.1) is 0 Å². The van der Waals surface area contributed by atoms with Gasteiger partial charge in [-0.2, -0.15) is 0 Å². The first-order chi connectivity index (χ1) is 16.7. The number of benzene rings is 4. The Labute approximate surface area is 206 Å². The molecule has 4 rings (SSSR count). The smallest absolute Gasteiger partial charge is 0.306 e. The van der Waals surface area contributed by atoms with Crippen molar-refractivity contribution in [2.45, 2.75) is 37.5 Å². The molecule has 0 amide bonds. The highest BCUT2D eigenvalue weighted by atomic mass is 31.2. The second-order valence-corrected chi connectivity index (χ2v) is 12.1. The van der Waals surface area contributed by atoms with Crippen molar-refractivity contribution in [1.82, 2.24) is 0 Å². The van der Waals surface area contributed by atoms with Crippen molar-refractivity contribution in [3.8, 4) is 0 Å². The van der Waals surface area contributed by atoms with Crippen LogP contribution in [0.5, 0.6) is 0 Å². The van der Waals surface area contributed by atoms with Crippen molar-refractivity contribution in [2.75, 3.05) is 0 Å². The van der Waals surface area contributed by atoms with E-state index in [-0.39, 0.29) is 12.6 Å². The average molecular weight is 487 g/mol. The highest BCUT2D eigenvalue weighted by molar-refractivity contribution is 7.58. The molecule has 0 aromatic heterocycles. The summed E-state index contributed by atoms with van der Waals surface area (Å²) >= 11 is 0. The van der Waals surface area contributed by atoms with Crippen LogP contribution in [0.2, 0.25) is 0 Å². The lowest BCUT2D eigenvalue weighted by Gasteiger charge is -2.43. The summed E-state index contributed by atoms with van der Waals surface area (Å²) in [5.74, 6) is -2.12. The molecule has 4 unspecified atom stereocenters. The Morgan fingerprint density at radius 1 is 0.857 bits per heavy atom. The Balaban J connectivity index is 1.98. The Kier molecular flexibility index (Phi) is 7.25. The zero-order valence-corrected chi connectivity index (χ0v) is 20.9. The molecule has 0 saturated carbocycles. The molecule has 0 aliphatic carbocycles. The molecule has 0 fully saturated rings. The molecule has 0 spiro atoms. The second-order valence-electron chi connectivity index (χ2n) is 9.45. The third kappa shape index (κ3) is 4.96. The lowest BCUT2D eigenvalue weighted by Crippen LogP contribution is -2.33. The maximum atomic E-state index is 14.5. The number of carboxylic acid groups (broad SMARTS) is 1. The number of rotatable bonds is 9. The summed E-state index contributed by atoms with van der Waals surface area (Å²) in [4.78, 5) is 23.9. The molecular weight excluding hydrogens is 455 g/mol. The van der Waals surface area contributed by atoms with E-state index in [9.17, 15) is 19.4 Å². The summed E-state index contributed by atoms with van der Waals surface area (Å²) in [6, 6.07) is 32.6. The molecule has 4 aromatic rings. The minimum Gasteiger partial charge on any atom is -0.481 e. The van der Waals surface area contributed by atoms with Crippen LogP contribution in [0, 0.1) is 5.92 Å². The van der Waals surface area contributed by atoms with Crippen LogP contribution in [0.25, 0.3) is 10.8 Å². The van der Waals surface area contributed by atoms with Crippen molar-refractivity contribution in [3.05, 3.63) is 120 Å². The zero-order valence-electron chi connectivity index (χ0n) is 20.0. The summed E-state index contributed by atoms with van der Waals surface area (Å²) in [7, 11) is -3.94. The molecule has 4 aromatic carbocycles. The first kappa shape index (κ1) is 24.9. The third-order valence-electron chi connectivity index (χ3n) is 7.21. The van der Waals surface area contributed by atoms with Gasteiger partial charge in [0.25, 0.3) is 0 Å². The topological polar surface area (TPSA) is 74.6 Å². The number of hydrogen-bond acceptors (Lipinski definition) is 2. The first-order valence-electron chi connectivity index (χ1n) is 11.9. The standard InChI is InChI=1S/C30H31O4P/c1-22(29(31)32)20-28(27-19-11-15-24-14-9-10-18-26(24)27)30(2,25-16-7-4-8-17-25)35(33,34)21-23-12-5-3-6-13-23/h3-19,22,28H,20-21H2,1-2H3,(H,31,32)(H,33,34). The molecule has 0 heterocycles. The molecule has 2 N–H and O–H groups in total. The molecule has 35 heavy (non-hydrogen) atoms. The molecule has 0 saturated heterocycles. The highest BCUT2D eigenvalue weighted by Gasteiger charge is 2.51. The molecular formula is C30H31O4P. The lowest BCUT2D eigenvalue weighted by molar-refractivity contribution is -0.141. The van der Waals surface area contributed by atoms with Gasteiger partial charge in [-0.3, -0.25) is 9.36 Å². The maximum Gasteiger partial charge on any atom is 0.306 e. The van der Waals surface area contributed by atoms with Crippen LogP contribution in [0.4, 0.5) is 0 Å². The van der Waals surface area contributed by atoms with Crippen LogP contribution in [0.15, 0.2) is 103 Å². The van der Waals surface area contributed by atoms with Gasteiger partial charge in [-0.05, 0) is 40.8 Å². The molecule has 0 radical (unpaired) electrons. The molecule has 5 heteroatoms. The Morgan fingerprint density at radius 2 is 1.43 bits per heavy atom. The van der Waals surface area contributed by atoms with E-state index in [1.54, 1.807) is 6.92 Å². The minimum atomic E-state index is -3.94. The van der Waals surface area contributed by atoms with Gasteiger partial charge >= 0.3 is 5.97 Å². The van der Waals surface area contributed by atoms with Gasteiger partial charge in [-0.1, -0.05) is 110 Å². The van der Waals surface area contributed by atoms with Crippen molar-refractivity contribution in [2.24, 2.45) is 5.92 Å². The minimum absolute atomic E-state index is 0.00194. The van der Waals surface area contributed by atoms with Crippen LogP contribution in [-0.4, -0.2) is 16.0 Å². The van der Waals surface area contributed by atoms with Gasteiger partial charge in [0, 0.05) is 5.92 Å². The summed E-state index contributed by atoms with van der Waals surface area (Å²) in [5, 5.41) is 10.6. The fourth-order valence-electron chi connectivity index (χ4n) is 5.09. The van der Waals surface area contributed by atoms with Crippen LogP contribution in [0.3, 0.4) is 0 Å². The predicted octanol–water partition coefficient (Wildman–Crippen LogP) is 7.42. The summed E-state index contributed by atoms with van der Waals surface area (Å²) in [6.07, 6.45) is 0.232. The van der Waals surface area contributed by atoms with E-state index in [2.05, 4.69) is 0 Å². The van der Waals surface area contributed by atoms with Gasteiger partial charge in [0.15, 0.2) is 0 Å². The van der Waals surface area contributed by atoms with Crippen molar-refractivity contribution in [1.29, 1.82) is 0 Å². The number of hydrogen-bond donors (Lipinski definition) is 2. The van der Waals surface area contributed by atoms with Crippen LogP contribution < -0.4 is 0 Å². The number of aliphatic carboxylic acids is 1. The second kappa shape index (κ2) is 10.2. The molecule has 0 bridgehead atoms. The van der Waals surface area contributed by atoms with Gasteiger partial charge < -0.3 is 10.00 Å². The molecule has 180 valence electrons. The zero-order chi connectivity index (χ0) is 25.1. The van der Waals surface area contributed by atoms with E-state index in [1.165, 1.54) is 0 Å². The van der Waals surface area contributed by atoms with Gasteiger partial charge in [0.1, 0.15) is 0 Å². The quantitative estimate of drug-likeness (QED) is 0.241. The third-order valence-corrected chi connectivity index (χ3v) is 10.0. The fourth-order valence-corrected chi connectivity index (χ4v) is 7.40. The molecule has 0 aliphatic heterocycles. The number of carbonyl (C=O) groups is 1. The van der Waals surface area contributed by atoms with Crippen molar-refractivity contribution in [3.63, 3.8) is 0 Å². The van der Waals surface area contributed by atoms with Crippen molar-refractivity contribution >= 4 is 24.1 Å². The van der Waals surface area contributed by atoms with E-state index in [0.29, 0.717) is 0 Å². The largest absolute Gasteiger partial charge is 0.481 e. The van der Waals surface area contributed by atoms with Gasteiger partial charge in [0.2, 0.25) is 7.37 Å².